The monoisotopic (exact) mass is 203 g/mol. The number of aromatic hydroxyl groups is 1. The summed E-state index contributed by atoms with van der Waals surface area (Å²) < 4.78 is 5.17. The van der Waals surface area contributed by atoms with Crippen LogP contribution in [0.4, 0.5) is 0 Å². The molecule has 0 amide bonds. The summed E-state index contributed by atoms with van der Waals surface area (Å²) in [4.78, 5) is 0. The fourth-order valence-corrected chi connectivity index (χ4v) is 0.957. The number of phenols is 1. The molecule has 13 heavy (non-hydrogen) atoms. The van der Waals surface area contributed by atoms with Gasteiger partial charge in [-0.05, 0) is 24.6 Å². The van der Waals surface area contributed by atoms with Crippen molar-refractivity contribution in [2.24, 2.45) is 5.73 Å². The minimum Gasteiger partial charge on any atom is -0.504 e. The first-order valence-corrected chi connectivity index (χ1v) is 3.92. The van der Waals surface area contributed by atoms with E-state index in [1.165, 1.54) is 0 Å². The van der Waals surface area contributed by atoms with Crippen molar-refractivity contribution in [2.75, 3.05) is 6.61 Å². The number of phenolic OH excluding ortho intramolecular Hbond substituents is 1. The fraction of sp³-hybridized carbons (Fsp3) is 0.333. The summed E-state index contributed by atoms with van der Waals surface area (Å²) in [6, 6.07) is 5.11. The minimum atomic E-state index is 0. The first-order valence-electron chi connectivity index (χ1n) is 3.92. The summed E-state index contributed by atoms with van der Waals surface area (Å²) in [6.07, 6.45) is 0. The molecule has 1 rings (SSSR count). The first-order chi connectivity index (χ1) is 5.77. The Kier molecular flexibility index (Phi) is 5.26. The molecule has 3 N–H and O–H groups in total. The molecule has 74 valence electrons. The molecule has 0 atom stereocenters. The van der Waals surface area contributed by atoms with E-state index in [9.17, 15) is 5.11 Å². The lowest BCUT2D eigenvalue weighted by atomic mass is 10.2. The third-order valence-corrected chi connectivity index (χ3v) is 1.56. The molecule has 0 aromatic heterocycles. The molecule has 0 heterocycles. The van der Waals surface area contributed by atoms with Gasteiger partial charge in [0, 0.05) is 6.54 Å². The Balaban J connectivity index is 0.00000144. The van der Waals surface area contributed by atoms with Crippen molar-refractivity contribution in [1.82, 2.24) is 0 Å². The van der Waals surface area contributed by atoms with E-state index in [0.29, 0.717) is 18.9 Å². The van der Waals surface area contributed by atoms with Crippen molar-refractivity contribution in [3.05, 3.63) is 23.8 Å². The highest BCUT2D eigenvalue weighted by molar-refractivity contribution is 5.85. The lowest BCUT2D eigenvalue weighted by Crippen LogP contribution is -1.98. The number of rotatable bonds is 3. The van der Waals surface area contributed by atoms with Crippen molar-refractivity contribution in [3.8, 4) is 11.5 Å². The Labute approximate surface area is 83.9 Å². The van der Waals surface area contributed by atoms with Gasteiger partial charge in [-0.25, -0.2) is 0 Å². The summed E-state index contributed by atoms with van der Waals surface area (Å²) in [5, 5.41) is 9.30. The maximum absolute atomic E-state index is 9.30. The highest BCUT2D eigenvalue weighted by Gasteiger charge is 2.01. The second-order valence-corrected chi connectivity index (χ2v) is 2.44. The quantitative estimate of drug-likeness (QED) is 0.786. The molecule has 0 radical (unpaired) electrons. The van der Waals surface area contributed by atoms with Crippen molar-refractivity contribution in [1.29, 1.82) is 0 Å². The molecule has 1 aromatic carbocycles. The van der Waals surface area contributed by atoms with E-state index in [2.05, 4.69) is 0 Å². The van der Waals surface area contributed by atoms with Gasteiger partial charge in [0.25, 0.3) is 0 Å². The van der Waals surface area contributed by atoms with Crippen LogP contribution in [-0.4, -0.2) is 11.7 Å². The van der Waals surface area contributed by atoms with E-state index >= 15 is 0 Å². The molecule has 0 aliphatic heterocycles. The standard InChI is InChI=1S/C9H13NO2.ClH/c1-2-12-9-5-7(6-10)3-4-8(9)11;/h3-5,11H,2,6,10H2,1H3;1H. The summed E-state index contributed by atoms with van der Waals surface area (Å²) in [7, 11) is 0. The third-order valence-electron chi connectivity index (χ3n) is 1.56. The van der Waals surface area contributed by atoms with Crippen LogP contribution in [0.2, 0.25) is 0 Å². The Morgan fingerprint density at radius 3 is 2.69 bits per heavy atom. The summed E-state index contributed by atoms with van der Waals surface area (Å²) in [5.41, 5.74) is 6.38. The Hall–Kier alpha value is -0.930. The van der Waals surface area contributed by atoms with Crippen LogP contribution in [0.5, 0.6) is 11.5 Å². The normalized spacial score (nSPS) is 9.08. The predicted octanol–water partition coefficient (Wildman–Crippen LogP) is 1.67. The van der Waals surface area contributed by atoms with Crippen molar-refractivity contribution >= 4 is 12.4 Å². The lowest BCUT2D eigenvalue weighted by Gasteiger charge is -2.06. The predicted molar refractivity (Wildman–Crippen MR) is 54.4 cm³/mol. The average Bonchev–Trinajstić information content (AvgIpc) is 2.09. The van der Waals surface area contributed by atoms with E-state index in [1.807, 2.05) is 6.92 Å². The largest absolute Gasteiger partial charge is 0.504 e. The molecule has 0 fully saturated rings. The first kappa shape index (κ1) is 12.1. The molecule has 0 aliphatic rings. The van der Waals surface area contributed by atoms with E-state index in [-0.39, 0.29) is 18.2 Å². The van der Waals surface area contributed by atoms with Gasteiger partial charge in [-0.3, -0.25) is 0 Å². The van der Waals surface area contributed by atoms with Crippen molar-refractivity contribution < 1.29 is 9.84 Å². The van der Waals surface area contributed by atoms with Gasteiger partial charge in [0.05, 0.1) is 6.61 Å². The van der Waals surface area contributed by atoms with E-state index in [0.717, 1.165) is 5.56 Å². The fourth-order valence-electron chi connectivity index (χ4n) is 0.957. The topological polar surface area (TPSA) is 55.5 Å². The average molecular weight is 204 g/mol. The minimum absolute atomic E-state index is 0. The van der Waals surface area contributed by atoms with Gasteiger partial charge >= 0.3 is 0 Å². The highest BCUT2D eigenvalue weighted by Crippen LogP contribution is 2.26. The number of ether oxygens (including phenoxy) is 1. The van der Waals surface area contributed by atoms with E-state index in [4.69, 9.17) is 10.5 Å². The zero-order chi connectivity index (χ0) is 8.97. The van der Waals surface area contributed by atoms with Gasteiger partial charge in [0.2, 0.25) is 0 Å². The molecular weight excluding hydrogens is 190 g/mol. The van der Waals surface area contributed by atoms with E-state index < -0.39 is 0 Å². The van der Waals surface area contributed by atoms with Crippen LogP contribution < -0.4 is 10.5 Å². The summed E-state index contributed by atoms with van der Waals surface area (Å²) in [5.74, 6) is 0.662. The zero-order valence-electron chi connectivity index (χ0n) is 7.49. The molecular formula is C9H14ClNO2. The molecule has 0 bridgehead atoms. The van der Waals surface area contributed by atoms with Gasteiger partial charge in [0.1, 0.15) is 0 Å². The summed E-state index contributed by atoms with van der Waals surface area (Å²) >= 11 is 0. The van der Waals surface area contributed by atoms with Crippen molar-refractivity contribution in [3.63, 3.8) is 0 Å². The highest BCUT2D eigenvalue weighted by atomic mass is 35.5. The third kappa shape index (κ3) is 3.13. The molecule has 0 saturated heterocycles. The Bertz CT molecular complexity index is 266. The maximum Gasteiger partial charge on any atom is 0.161 e. The second kappa shape index (κ2) is 5.67. The van der Waals surface area contributed by atoms with Crippen LogP contribution in [0.25, 0.3) is 0 Å². The van der Waals surface area contributed by atoms with Crippen LogP contribution in [0.3, 0.4) is 0 Å². The van der Waals surface area contributed by atoms with Crippen LogP contribution in [0.1, 0.15) is 12.5 Å². The Morgan fingerprint density at radius 2 is 2.15 bits per heavy atom. The number of nitrogens with two attached hydrogens (primary N) is 1. The number of hydrogen-bond acceptors (Lipinski definition) is 3. The molecule has 3 nitrogen and oxygen atoms in total. The van der Waals surface area contributed by atoms with E-state index in [1.54, 1.807) is 18.2 Å². The molecule has 0 spiro atoms. The van der Waals surface area contributed by atoms with Gasteiger partial charge in [0.15, 0.2) is 11.5 Å². The van der Waals surface area contributed by atoms with Crippen LogP contribution in [-0.2, 0) is 6.54 Å². The number of hydrogen-bond donors (Lipinski definition) is 2. The van der Waals surface area contributed by atoms with Crippen LogP contribution in [0.15, 0.2) is 18.2 Å². The maximum atomic E-state index is 9.30. The van der Waals surface area contributed by atoms with Crippen LogP contribution >= 0.6 is 12.4 Å². The summed E-state index contributed by atoms with van der Waals surface area (Å²) in [6.45, 7) is 2.87. The molecule has 0 unspecified atom stereocenters. The molecule has 1 aromatic rings. The second-order valence-electron chi connectivity index (χ2n) is 2.44. The molecule has 4 heteroatoms. The van der Waals surface area contributed by atoms with Gasteiger partial charge in [-0.1, -0.05) is 6.07 Å². The molecule has 0 saturated carbocycles. The zero-order valence-corrected chi connectivity index (χ0v) is 8.30. The number of benzene rings is 1. The smallest absolute Gasteiger partial charge is 0.161 e. The van der Waals surface area contributed by atoms with Gasteiger partial charge in [-0.15, -0.1) is 12.4 Å². The Morgan fingerprint density at radius 1 is 1.46 bits per heavy atom. The van der Waals surface area contributed by atoms with Gasteiger partial charge in [-0.2, -0.15) is 0 Å². The van der Waals surface area contributed by atoms with Gasteiger partial charge < -0.3 is 15.6 Å². The number of halogens is 1. The SMILES string of the molecule is CCOc1cc(CN)ccc1O.Cl. The van der Waals surface area contributed by atoms with Crippen molar-refractivity contribution in [2.45, 2.75) is 13.5 Å². The lowest BCUT2D eigenvalue weighted by molar-refractivity contribution is 0.318. The van der Waals surface area contributed by atoms with Crippen LogP contribution in [0, 0.1) is 0 Å². The molecule has 0 aliphatic carbocycles.